The minimum absolute atomic E-state index is 0.0278. The Morgan fingerprint density at radius 3 is 2.44 bits per heavy atom. The number of rotatable bonds is 12. The van der Waals surface area contributed by atoms with Crippen LogP contribution in [-0.4, -0.2) is 93.2 Å². The normalized spacial score (nSPS) is 16.0. The molecule has 1 unspecified atom stereocenters. The van der Waals surface area contributed by atoms with Crippen molar-refractivity contribution in [2.24, 2.45) is 0 Å². The maximum Gasteiger partial charge on any atom is 0.317 e. The highest BCUT2D eigenvalue weighted by Gasteiger charge is 2.24. The molecule has 3 amide bonds. The lowest BCUT2D eigenvalue weighted by Crippen LogP contribution is -2.44. The quantitative estimate of drug-likeness (QED) is 0.451. The fraction of sp³-hybridized carbons (Fsp3) is 0.680. The summed E-state index contributed by atoms with van der Waals surface area (Å²) >= 11 is 0. The molecule has 34 heavy (non-hydrogen) atoms. The molecule has 1 fully saturated rings. The highest BCUT2D eigenvalue weighted by molar-refractivity contribution is 7.90. The zero-order valence-corrected chi connectivity index (χ0v) is 22.1. The van der Waals surface area contributed by atoms with Gasteiger partial charge in [-0.3, -0.25) is 4.79 Å². The van der Waals surface area contributed by atoms with Crippen molar-refractivity contribution < 1.29 is 18.0 Å². The van der Waals surface area contributed by atoms with Gasteiger partial charge in [-0.1, -0.05) is 19.1 Å². The number of nitrogens with zero attached hydrogens (tertiary/aromatic N) is 3. The molecular weight excluding hydrogens is 452 g/mol. The van der Waals surface area contributed by atoms with E-state index in [2.05, 4.69) is 24.1 Å². The van der Waals surface area contributed by atoms with E-state index in [1.807, 2.05) is 24.0 Å². The van der Waals surface area contributed by atoms with E-state index in [-0.39, 0.29) is 18.5 Å². The Labute approximate surface area is 205 Å². The topological polar surface area (TPSA) is 90.0 Å². The summed E-state index contributed by atoms with van der Waals surface area (Å²) in [4.78, 5) is 31.0. The van der Waals surface area contributed by atoms with Gasteiger partial charge in [-0.2, -0.15) is 0 Å². The molecule has 0 spiro atoms. The number of benzene rings is 1. The van der Waals surface area contributed by atoms with Crippen LogP contribution in [0.2, 0.25) is 0 Å². The molecule has 1 saturated heterocycles. The SMILES string of the molecule is CCCN(CCCCN1CCCN(C(=O)NCC)CC1=O)C(C)Cc1ccc(S(C)(=O)=O)cc1. The third-order valence-electron chi connectivity index (χ3n) is 6.29. The number of hydrogen-bond donors (Lipinski definition) is 1. The molecule has 0 saturated carbocycles. The van der Waals surface area contributed by atoms with Crippen molar-refractivity contribution in [2.75, 3.05) is 52.1 Å². The number of urea groups is 1. The Morgan fingerprint density at radius 1 is 1.12 bits per heavy atom. The van der Waals surface area contributed by atoms with Crippen molar-refractivity contribution in [3.63, 3.8) is 0 Å². The fourth-order valence-corrected chi connectivity index (χ4v) is 5.02. The second-order valence-corrected chi connectivity index (χ2v) is 11.2. The zero-order valence-electron chi connectivity index (χ0n) is 21.3. The number of carbonyl (C=O) groups is 2. The summed E-state index contributed by atoms with van der Waals surface area (Å²) in [5, 5.41) is 2.78. The first-order chi connectivity index (χ1) is 16.2. The van der Waals surface area contributed by atoms with E-state index >= 15 is 0 Å². The lowest BCUT2D eigenvalue weighted by molar-refractivity contribution is -0.130. The van der Waals surface area contributed by atoms with Crippen LogP contribution in [0.25, 0.3) is 0 Å². The minimum Gasteiger partial charge on any atom is -0.341 e. The van der Waals surface area contributed by atoms with Crippen LogP contribution in [0.1, 0.15) is 52.0 Å². The van der Waals surface area contributed by atoms with Gasteiger partial charge in [-0.15, -0.1) is 0 Å². The summed E-state index contributed by atoms with van der Waals surface area (Å²) in [6.45, 7) is 11.0. The van der Waals surface area contributed by atoms with Crippen molar-refractivity contribution in [2.45, 2.75) is 63.8 Å². The third kappa shape index (κ3) is 8.91. The number of amides is 3. The van der Waals surface area contributed by atoms with Crippen molar-refractivity contribution in [1.82, 2.24) is 20.0 Å². The Kier molecular flexibility index (Phi) is 11.3. The van der Waals surface area contributed by atoms with Crippen LogP contribution in [0, 0.1) is 0 Å². The Bertz CT molecular complexity index is 889. The average molecular weight is 495 g/mol. The molecule has 1 aromatic rings. The standard InChI is InChI=1S/C25H42N4O4S/c1-5-14-27(21(3)19-22-10-12-23(13-11-22)34(4,32)33)15-7-8-16-28-17-9-18-29(20-24(28)30)25(31)26-6-2/h10-13,21H,5-9,14-20H2,1-4H3,(H,26,31). The first-order valence-corrected chi connectivity index (χ1v) is 14.4. The second kappa shape index (κ2) is 13.7. The predicted molar refractivity (Wildman–Crippen MR) is 136 cm³/mol. The molecule has 1 heterocycles. The van der Waals surface area contributed by atoms with Crippen LogP contribution in [0.15, 0.2) is 29.2 Å². The number of unbranched alkanes of at least 4 members (excludes halogenated alkanes) is 1. The van der Waals surface area contributed by atoms with Gasteiger partial charge in [0.15, 0.2) is 9.84 Å². The van der Waals surface area contributed by atoms with Crippen molar-refractivity contribution in [1.29, 1.82) is 0 Å². The van der Waals surface area contributed by atoms with Gasteiger partial charge >= 0.3 is 6.03 Å². The summed E-state index contributed by atoms with van der Waals surface area (Å²) in [5.74, 6) is 0.0278. The first kappa shape index (κ1) is 28.1. The molecule has 0 aromatic heterocycles. The van der Waals surface area contributed by atoms with Gasteiger partial charge in [0.25, 0.3) is 0 Å². The lowest BCUT2D eigenvalue weighted by atomic mass is 10.1. The highest BCUT2D eigenvalue weighted by Crippen LogP contribution is 2.15. The summed E-state index contributed by atoms with van der Waals surface area (Å²) in [6.07, 6.45) is 5.90. The van der Waals surface area contributed by atoms with E-state index < -0.39 is 9.84 Å². The number of nitrogens with one attached hydrogen (secondary N) is 1. The van der Waals surface area contributed by atoms with Crippen LogP contribution >= 0.6 is 0 Å². The summed E-state index contributed by atoms with van der Waals surface area (Å²) < 4.78 is 23.4. The largest absolute Gasteiger partial charge is 0.341 e. The number of sulfone groups is 1. The summed E-state index contributed by atoms with van der Waals surface area (Å²) in [6, 6.07) is 7.37. The fourth-order valence-electron chi connectivity index (χ4n) is 4.39. The smallest absolute Gasteiger partial charge is 0.317 e. The van der Waals surface area contributed by atoms with Crippen molar-refractivity contribution in [3.05, 3.63) is 29.8 Å². The van der Waals surface area contributed by atoms with Gasteiger partial charge in [0, 0.05) is 38.5 Å². The molecule has 1 aliphatic heterocycles. The molecule has 0 radical (unpaired) electrons. The predicted octanol–water partition coefficient (Wildman–Crippen LogP) is 2.78. The van der Waals surface area contributed by atoms with E-state index in [4.69, 9.17) is 0 Å². The monoisotopic (exact) mass is 494 g/mol. The minimum atomic E-state index is -3.17. The zero-order chi connectivity index (χ0) is 25.1. The molecule has 1 atom stereocenters. The molecular formula is C25H42N4O4S. The maximum absolute atomic E-state index is 12.6. The maximum atomic E-state index is 12.6. The van der Waals surface area contributed by atoms with E-state index in [0.29, 0.717) is 30.6 Å². The van der Waals surface area contributed by atoms with E-state index in [1.54, 1.807) is 17.0 Å². The Balaban J connectivity index is 1.81. The average Bonchev–Trinajstić information content (AvgIpc) is 2.97. The summed E-state index contributed by atoms with van der Waals surface area (Å²) in [7, 11) is -3.17. The first-order valence-electron chi connectivity index (χ1n) is 12.5. The third-order valence-corrected chi connectivity index (χ3v) is 7.42. The Hall–Kier alpha value is -2.13. The summed E-state index contributed by atoms with van der Waals surface area (Å²) in [5.41, 5.74) is 1.13. The molecule has 8 nitrogen and oxygen atoms in total. The molecule has 0 bridgehead atoms. The van der Waals surface area contributed by atoms with Gasteiger partial charge in [0.2, 0.25) is 5.91 Å². The molecule has 1 aliphatic rings. The van der Waals surface area contributed by atoms with Gasteiger partial charge in [0.1, 0.15) is 6.54 Å². The van der Waals surface area contributed by atoms with Crippen LogP contribution in [-0.2, 0) is 21.1 Å². The number of hydrogen-bond acceptors (Lipinski definition) is 5. The number of carbonyl (C=O) groups excluding carboxylic acids is 2. The van der Waals surface area contributed by atoms with Crippen LogP contribution < -0.4 is 5.32 Å². The Morgan fingerprint density at radius 2 is 1.82 bits per heavy atom. The molecule has 9 heteroatoms. The van der Waals surface area contributed by atoms with Crippen molar-refractivity contribution in [3.8, 4) is 0 Å². The van der Waals surface area contributed by atoms with Crippen LogP contribution in [0.5, 0.6) is 0 Å². The van der Waals surface area contributed by atoms with Gasteiger partial charge in [0.05, 0.1) is 4.90 Å². The van der Waals surface area contributed by atoms with E-state index in [1.165, 1.54) is 6.26 Å². The van der Waals surface area contributed by atoms with E-state index in [0.717, 1.165) is 57.3 Å². The molecule has 1 N–H and O–H groups in total. The molecule has 192 valence electrons. The van der Waals surface area contributed by atoms with Crippen LogP contribution in [0.4, 0.5) is 4.79 Å². The highest BCUT2D eigenvalue weighted by atomic mass is 32.2. The molecule has 1 aromatic carbocycles. The van der Waals surface area contributed by atoms with Crippen molar-refractivity contribution >= 4 is 21.8 Å². The second-order valence-electron chi connectivity index (χ2n) is 9.20. The van der Waals surface area contributed by atoms with Gasteiger partial charge in [-0.25, -0.2) is 13.2 Å². The molecule has 0 aliphatic carbocycles. The van der Waals surface area contributed by atoms with Crippen LogP contribution in [0.3, 0.4) is 0 Å². The molecule has 2 rings (SSSR count). The lowest BCUT2D eigenvalue weighted by Gasteiger charge is -2.29. The van der Waals surface area contributed by atoms with Gasteiger partial charge in [-0.05, 0) is 76.7 Å². The van der Waals surface area contributed by atoms with Gasteiger partial charge < -0.3 is 20.0 Å². The van der Waals surface area contributed by atoms with E-state index in [9.17, 15) is 18.0 Å².